The molecule has 1 saturated heterocycles. The summed E-state index contributed by atoms with van der Waals surface area (Å²) in [6.45, 7) is 7.48. The zero-order valence-electron chi connectivity index (χ0n) is 22.4. The summed E-state index contributed by atoms with van der Waals surface area (Å²) in [6.07, 6.45) is 1.67. The molecular formula is C26H30ClN5O7S. The molecular weight excluding hydrogens is 562 g/mol. The Morgan fingerprint density at radius 2 is 2.02 bits per heavy atom. The lowest BCUT2D eigenvalue weighted by Crippen LogP contribution is -2.40. The van der Waals surface area contributed by atoms with Crippen molar-refractivity contribution in [3.8, 4) is 17.3 Å². The monoisotopic (exact) mass is 591 g/mol. The number of carbonyl (C=O) groups excluding carboxylic acids is 1. The van der Waals surface area contributed by atoms with Crippen LogP contribution in [0.4, 0.5) is 5.69 Å². The molecule has 0 aliphatic carbocycles. The van der Waals surface area contributed by atoms with Crippen molar-refractivity contribution in [3.63, 3.8) is 0 Å². The van der Waals surface area contributed by atoms with Gasteiger partial charge in [-0.15, -0.1) is 0 Å². The summed E-state index contributed by atoms with van der Waals surface area (Å²) >= 11 is 6.21. The molecule has 12 nitrogen and oxygen atoms in total. The number of hydrogen-bond acceptors (Lipinski definition) is 8. The second-order valence-corrected chi connectivity index (χ2v) is 12.4. The summed E-state index contributed by atoms with van der Waals surface area (Å²) in [6, 6.07) is 9.89. The number of nitro groups is 1. The van der Waals surface area contributed by atoms with Gasteiger partial charge in [0.25, 0.3) is 11.6 Å². The number of hydrogen-bond donors (Lipinski definition) is 2. The largest absolute Gasteiger partial charge is 0.437 e. The molecule has 40 heavy (non-hydrogen) atoms. The number of ether oxygens (including phenoxy) is 2. The van der Waals surface area contributed by atoms with E-state index in [9.17, 15) is 23.3 Å². The van der Waals surface area contributed by atoms with Gasteiger partial charge in [-0.05, 0) is 64.8 Å². The van der Waals surface area contributed by atoms with Gasteiger partial charge in [-0.3, -0.25) is 14.9 Å². The van der Waals surface area contributed by atoms with Crippen molar-refractivity contribution in [2.45, 2.75) is 57.1 Å². The minimum absolute atomic E-state index is 0.0330. The SMILES string of the molecule is Cc1c(C(=O)NC[C@H]2CCCO2)nn(-c2cccc(Cl)c2)c1Oc1ccc([N+](=O)[O-])cc1S(=O)(=O)NC(C)(C)C. The Hall–Kier alpha value is -3.52. The molecule has 14 heteroatoms. The number of nitro benzene ring substituents is 1. The number of halogens is 1. The number of nitrogens with zero attached hydrogens (tertiary/aromatic N) is 3. The van der Waals surface area contributed by atoms with Crippen LogP contribution < -0.4 is 14.8 Å². The summed E-state index contributed by atoms with van der Waals surface area (Å²) in [4.78, 5) is 23.5. The van der Waals surface area contributed by atoms with Crippen molar-refractivity contribution in [1.82, 2.24) is 19.8 Å². The standard InChI is InChI=1S/C26H30ClN5O7S/c1-16-23(24(33)28-15-20-9-6-12-38-20)29-31(18-8-5-7-17(27)13-18)25(16)39-21-11-10-19(32(34)35)14-22(21)40(36,37)30-26(2,3)4/h5,7-8,10-11,13-14,20,30H,6,9,12,15H2,1-4H3,(H,28,33)/t20-/m1/s1. The van der Waals surface area contributed by atoms with Crippen LogP contribution in [0.1, 0.15) is 49.7 Å². The Balaban J connectivity index is 1.80. The lowest BCUT2D eigenvalue weighted by atomic mass is 10.1. The molecule has 0 bridgehead atoms. The molecule has 2 N–H and O–H groups in total. The third kappa shape index (κ3) is 6.78. The zero-order valence-corrected chi connectivity index (χ0v) is 24.0. The van der Waals surface area contributed by atoms with Crippen molar-refractivity contribution in [3.05, 3.63) is 68.9 Å². The second kappa shape index (κ2) is 11.5. The topological polar surface area (TPSA) is 155 Å². The summed E-state index contributed by atoms with van der Waals surface area (Å²) < 4.78 is 42.1. The fourth-order valence-corrected chi connectivity index (χ4v) is 5.91. The number of non-ortho nitro benzene ring substituents is 1. The molecule has 0 unspecified atom stereocenters. The average molecular weight is 592 g/mol. The van der Waals surface area contributed by atoms with E-state index in [0.717, 1.165) is 25.0 Å². The number of sulfonamides is 1. The molecule has 4 rings (SSSR count). The Morgan fingerprint density at radius 1 is 1.27 bits per heavy atom. The molecule has 3 aromatic rings. The fourth-order valence-electron chi connectivity index (χ4n) is 4.16. The van der Waals surface area contributed by atoms with Gasteiger partial charge in [0, 0.05) is 41.4 Å². The summed E-state index contributed by atoms with van der Waals surface area (Å²) in [5.41, 5.74) is -0.505. The average Bonchev–Trinajstić information content (AvgIpc) is 3.49. The molecule has 0 saturated carbocycles. The highest BCUT2D eigenvalue weighted by atomic mass is 35.5. The zero-order chi connectivity index (χ0) is 29.2. The van der Waals surface area contributed by atoms with Gasteiger partial charge >= 0.3 is 0 Å². The first-order chi connectivity index (χ1) is 18.7. The van der Waals surface area contributed by atoms with Gasteiger partial charge in [-0.1, -0.05) is 17.7 Å². The predicted octanol–water partition coefficient (Wildman–Crippen LogP) is 4.52. The van der Waals surface area contributed by atoms with Crippen molar-refractivity contribution in [2.24, 2.45) is 0 Å². The van der Waals surface area contributed by atoms with Crippen LogP contribution in [0.5, 0.6) is 11.6 Å². The van der Waals surface area contributed by atoms with Crippen molar-refractivity contribution in [1.29, 1.82) is 0 Å². The van der Waals surface area contributed by atoms with E-state index < -0.39 is 37.0 Å². The lowest BCUT2D eigenvalue weighted by molar-refractivity contribution is -0.385. The Morgan fingerprint density at radius 3 is 2.65 bits per heavy atom. The number of amides is 1. The molecule has 2 heterocycles. The van der Waals surface area contributed by atoms with Crippen LogP contribution in [-0.2, 0) is 14.8 Å². The molecule has 0 spiro atoms. The van der Waals surface area contributed by atoms with Crippen LogP contribution in [0, 0.1) is 17.0 Å². The van der Waals surface area contributed by atoms with Gasteiger partial charge in [0.1, 0.15) is 10.6 Å². The highest BCUT2D eigenvalue weighted by molar-refractivity contribution is 7.89. The molecule has 0 radical (unpaired) electrons. The summed E-state index contributed by atoms with van der Waals surface area (Å²) in [5, 5.41) is 19.2. The lowest BCUT2D eigenvalue weighted by Gasteiger charge is -2.21. The Bertz CT molecular complexity index is 1540. The molecule has 2 aromatic carbocycles. The normalized spacial score (nSPS) is 15.7. The van der Waals surface area contributed by atoms with Crippen molar-refractivity contribution in [2.75, 3.05) is 13.2 Å². The second-order valence-electron chi connectivity index (χ2n) is 10.4. The summed E-state index contributed by atoms with van der Waals surface area (Å²) in [7, 11) is -4.27. The first-order valence-corrected chi connectivity index (χ1v) is 14.4. The highest BCUT2D eigenvalue weighted by Gasteiger charge is 2.30. The van der Waals surface area contributed by atoms with Gasteiger partial charge in [-0.25, -0.2) is 13.1 Å². The van der Waals surface area contributed by atoms with Crippen LogP contribution in [0.25, 0.3) is 5.69 Å². The third-order valence-corrected chi connectivity index (χ3v) is 7.94. The van der Waals surface area contributed by atoms with E-state index >= 15 is 0 Å². The predicted molar refractivity (Wildman–Crippen MR) is 148 cm³/mol. The first kappa shape index (κ1) is 29.5. The van der Waals surface area contributed by atoms with Gasteiger partial charge in [0.15, 0.2) is 5.69 Å². The van der Waals surface area contributed by atoms with Crippen LogP contribution in [0.2, 0.25) is 5.02 Å². The van der Waals surface area contributed by atoms with Crippen molar-refractivity contribution < 1.29 is 27.6 Å². The third-order valence-electron chi connectivity index (χ3n) is 5.93. The number of benzene rings is 2. The number of aromatic nitrogens is 2. The minimum Gasteiger partial charge on any atom is -0.437 e. The van der Waals surface area contributed by atoms with Crippen LogP contribution in [-0.4, -0.2) is 53.8 Å². The van der Waals surface area contributed by atoms with E-state index in [1.165, 1.54) is 10.7 Å². The number of rotatable bonds is 9. The first-order valence-electron chi connectivity index (χ1n) is 12.5. The van der Waals surface area contributed by atoms with E-state index in [-0.39, 0.29) is 23.4 Å². The van der Waals surface area contributed by atoms with Gasteiger partial charge in [0.2, 0.25) is 15.9 Å². The number of nitrogens with one attached hydrogen (secondary N) is 2. The Labute approximate surface area is 236 Å². The Kier molecular flexibility index (Phi) is 8.49. The van der Waals surface area contributed by atoms with Crippen LogP contribution >= 0.6 is 11.6 Å². The van der Waals surface area contributed by atoms with E-state index in [4.69, 9.17) is 21.1 Å². The van der Waals surface area contributed by atoms with Crippen molar-refractivity contribution >= 4 is 33.2 Å². The maximum absolute atomic E-state index is 13.3. The van der Waals surface area contributed by atoms with Gasteiger partial charge in [0.05, 0.1) is 16.7 Å². The van der Waals surface area contributed by atoms with Gasteiger partial charge < -0.3 is 14.8 Å². The van der Waals surface area contributed by atoms with E-state index in [1.54, 1.807) is 52.0 Å². The highest BCUT2D eigenvalue weighted by Crippen LogP contribution is 2.36. The van der Waals surface area contributed by atoms with Gasteiger partial charge in [-0.2, -0.15) is 9.78 Å². The summed E-state index contributed by atoms with van der Waals surface area (Å²) in [5.74, 6) is -0.630. The quantitative estimate of drug-likeness (QED) is 0.272. The van der Waals surface area contributed by atoms with E-state index in [0.29, 0.717) is 29.4 Å². The van der Waals surface area contributed by atoms with E-state index in [2.05, 4.69) is 15.1 Å². The van der Waals surface area contributed by atoms with E-state index in [1.807, 2.05) is 0 Å². The fraction of sp³-hybridized carbons (Fsp3) is 0.385. The maximum atomic E-state index is 13.3. The molecule has 1 atom stereocenters. The molecule has 214 valence electrons. The molecule has 1 amide bonds. The smallest absolute Gasteiger partial charge is 0.272 e. The molecule has 1 aromatic heterocycles. The minimum atomic E-state index is -4.27. The molecule has 1 aliphatic rings. The van der Waals surface area contributed by atoms with Crippen LogP contribution in [0.3, 0.4) is 0 Å². The maximum Gasteiger partial charge on any atom is 0.272 e. The molecule has 1 aliphatic heterocycles. The molecule has 1 fully saturated rings. The van der Waals surface area contributed by atoms with Crippen LogP contribution in [0.15, 0.2) is 47.4 Å². The number of carbonyl (C=O) groups is 1.